The van der Waals surface area contributed by atoms with Gasteiger partial charge in [-0.05, 0) is 42.5 Å². The van der Waals surface area contributed by atoms with Crippen LogP contribution in [0.3, 0.4) is 0 Å². The van der Waals surface area contributed by atoms with E-state index >= 15 is 0 Å². The Bertz CT molecular complexity index is 879. The highest BCUT2D eigenvalue weighted by atomic mass is 35.5. The molecule has 0 spiro atoms. The second-order valence-electron chi connectivity index (χ2n) is 4.83. The third-order valence-corrected chi connectivity index (χ3v) is 3.63. The normalized spacial score (nSPS) is 10.6. The molecule has 1 heterocycles. The van der Waals surface area contributed by atoms with Crippen LogP contribution in [-0.4, -0.2) is 22.7 Å². The van der Waals surface area contributed by atoms with Crippen LogP contribution in [0.4, 0.5) is 0 Å². The van der Waals surface area contributed by atoms with Crippen molar-refractivity contribution in [3.05, 3.63) is 52.5 Å². The SMILES string of the molecule is NC(=O)COc1ccc(-c2noc(-c3ccc(Cl)cc3Cl)n2)cc1. The fourth-order valence-corrected chi connectivity index (χ4v) is 2.46. The first kappa shape index (κ1) is 16.3. The van der Waals surface area contributed by atoms with E-state index in [1.54, 1.807) is 42.5 Å². The number of carbonyl (C=O) groups is 1. The van der Waals surface area contributed by atoms with Crippen LogP contribution < -0.4 is 10.5 Å². The number of halogens is 2. The summed E-state index contributed by atoms with van der Waals surface area (Å²) in [6, 6.07) is 11.9. The van der Waals surface area contributed by atoms with Crippen LogP contribution in [0.2, 0.25) is 10.0 Å². The zero-order valence-corrected chi connectivity index (χ0v) is 13.7. The number of hydrogen-bond acceptors (Lipinski definition) is 5. The van der Waals surface area contributed by atoms with Crippen LogP contribution >= 0.6 is 23.2 Å². The molecule has 0 aliphatic rings. The highest BCUT2D eigenvalue weighted by Gasteiger charge is 2.14. The molecule has 0 unspecified atom stereocenters. The Labute approximate surface area is 147 Å². The number of ether oxygens (including phenoxy) is 1. The van der Waals surface area contributed by atoms with Crippen LogP contribution in [0.5, 0.6) is 5.75 Å². The van der Waals surface area contributed by atoms with E-state index < -0.39 is 5.91 Å². The molecule has 0 saturated carbocycles. The molecule has 0 radical (unpaired) electrons. The molecular weight excluding hydrogens is 353 g/mol. The minimum atomic E-state index is -0.540. The van der Waals surface area contributed by atoms with Crippen molar-refractivity contribution in [3.63, 3.8) is 0 Å². The van der Waals surface area contributed by atoms with Crippen LogP contribution in [0.15, 0.2) is 47.0 Å². The maximum atomic E-state index is 10.7. The number of aromatic nitrogens is 2. The third-order valence-electron chi connectivity index (χ3n) is 3.08. The van der Waals surface area contributed by atoms with Gasteiger partial charge in [0.1, 0.15) is 5.75 Å². The van der Waals surface area contributed by atoms with Gasteiger partial charge in [0.15, 0.2) is 6.61 Å². The summed E-state index contributed by atoms with van der Waals surface area (Å²) in [5, 5.41) is 4.88. The van der Waals surface area contributed by atoms with Gasteiger partial charge >= 0.3 is 0 Å². The first-order valence-corrected chi connectivity index (χ1v) is 7.59. The van der Waals surface area contributed by atoms with Gasteiger partial charge < -0.3 is 15.0 Å². The number of hydrogen-bond donors (Lipinski definition) is 1. The van der Waals surface area contributed by atoms with Crippen LogP contribution in [0.25, 0.3) is 22.8 Å². The van der Waals surface area contributed by atoms with Gasteiger partial charge in [-0.1, -0.05) is 28.4 Å². The summed E-state index contributed by atoms with van der Waals surface area (Å²) >= 11 is 12.0. The highest BCUT2D eigenvalue weighted by molar-refractivity contribution is 6.36. The topological polar surface area (TPSA) is 91.2 Å². The summed E-state index contributed by atoms with van der Waals surface area (Å²) in [7, 11) is 0. The lowest BCUT2D eigenvalue weighted by atomic mass is 10.2. The second kappa shape index (κ2) is 6.90. The molecule has 0 fully saturated rings. The molecule has 1 amide bonds. The Hall–Kier alpha value is -2.57. The molecule has 2 aromatic carbocycles. The van der Waals surface area contributed by atoms with Gasteiger partial charge in [-0.25, -0.2) is 0 Å². The standard InChI is InChI=1S/C16H11Cl2N3O3/c17-10-3-6-12(13(18)7-10)16-20-15(21-24-16)9-1-4-11(5-2-9)23-8-14(19)22/h1-7H,8H2,(H2,19,22). The minimum Gasteiger partial charge on any atom is -0.484 e. The molecule has 0 aliphatic carbocycles. The van der Waals surface area contributed by atoms with Crippen molar-refractivity contribution in [2.75, 3.05) is 6.61 Å². The van der Waals surface area contributed by atoms with Crippen molar-refractivity contribution < 1.29 is 14.1 Å². The van der Waals surface area contributed by atoms with E-state index in [0.29, 0.717) is 33.1 Å². The zero-order chi connectivity index (χ0) is 17.1. The summed E-state index contributed by atoms with van der Waals surface area (Å²) in [5.41, 5.74) is 6.35. The number of benzene rings is 2. The summed E-state index contributed by atoms with van der Waals surface area (Å²) in [5.74, 6) is 0.668. The summed E-state index contributed by atoms with van der Waals surface area (Å²) < 4.78 is 10.4. The number of primary amides is 1. The van der Waals surface area contributed by atoms with Gasteiger partial charge in [-0.15, -0.1) is 0 Å². The molecule has 0 bridgehead atoms. The van der Waals surface area contributed by atoms with Gasteiger partial charge in [0.25, 0.3) is 11.8 Å². The first-order valence-electron chi connectivity index (χ1n) is 6.83. The molecule has 6 nitrogen and oxygen atoms in total. The molecule has 2 N–H and O–H groups in total. The maximum Gasteiger partial charge on any atom is 0.259 e. The Kier molecular flexibility index (Phi) is 4.69. The van der Waals surface area contributed by atoms with E-state index in [4.69, 9.17) is 38.2 Å². The number of rotatable bonds is 5. The van der Waals surface area contributed by atoms with E-state index in [2.05, 4.69) is 10.1 Å². The molecule has 24 heavy (non-hydrogen) atoms. The van der Waals surface area contributed by atoms with Crippen LogP contribution in [-0.2, 0) is 4.79 Å². The highest BCUT2D eigenvalue weighted by Crippen LogP contribution is 2.30. The molecule has 122 valence electrons. The zero-order valence-electron chi connectivity index (χ0n) is 12.2. The van der Waals surface area contributed by atoms with Gasteiger partial charge in [-0.2, -0.15) is 4.98 Å². The smallest absolute Gasteiger partial charge is 0.259 e. The fourth-order valence-electron chi connectivity index (χ4n) is 1.97. The molecule has 3 rings (SSSR count). The largest absolute Gasteiger partial charge is 0.484 e. The molecule has 3 aromatic rings. The molecule has 1 aromatic heterocycles. The average Bonchev–Trinajstić information content (AvgIpc) is 3.03. The predicted octanol–water partition coefficient (Wildman–Crippen LogP) is 3.57. The van der Waals surface area contributed by atoms with Crippen LogP contribution in [0.1, 0.15) is 0 Å². The maximum absolute atomic E-state index is 10.7. The van der Waals surface area contributed by atoms with Crippen molar-refractivity contribution in [2.45, 2.75) is 0 Å². The molecule has 8 heteroatoms. The Morgan fingerprint density at radius 3 is 2.58 bits per heavy atom. The van der Waals surface area contributed by atoms with Gasteiger partial charge in [0, 0.05) is 10.6 Å². The minimum absolute atomic E-state index is 0.180. The Morgan fingerprint density at radius 2 is 1.92 bits per heavy atom. The third kappa shape index (κ3) is 3.67. The lowest BCUT2D eigenvalue weighted by molar-refractivity contribution is -0.119. The first-order chi connectivity index (χ1) is 11.5. The van der Waals surface area contributed by atoms with E-state index in [1.807, 2.05) is 0 Å². The van der Waals surface area contributed by atoms with E-state index in [-0.39, 0.29) is 6.61 Å². The number of nitrogens with zero attached hydrogens (tertiary/aromatic N) is 2. The number of nitrogens with two attached hydrogens (primary N) is 1. The summed E-state index contributed by atoms with van der Waals surface area (Å²) in [6.45, 7) is -0.180. The molecule has 0 saturated heterocycles. The van der Waals surface area contributed by atoms with E-state index in [9.17, 15) is 4.79 Å². The van der Waals surface area contributed by atoms with Gasteiger partial charge in [0.2, 0.25) is 5.82 Å². The molecule has 0 atom stereocenters. The number of carbonyl (C=O) groups excluding carboxylic acids is 1. The predicted molar refractivity (Wildman–Crippen MR) is 89.9 cm³/mol. The summed E-state index contributed by atoms with van der Waals surface area (Å²) in [4.78, 5) is 15.0. The number of amides is 1. The molecular formula is C16H11Cl2N3O3. The lowest BCUT2D eigenvalue weighted by Gasteiger charge is -2.03. The van der Waals surface area contributed by atoms with E-state index in [0.717, 1.165) is 5.56 Å². The fraction of sp³-hybridized carbons (Fsp3) is 0.0625. The molecule has 0 aliphatic heterocycles. The van der Waals surface area contributed by atoms with Crippen molar-refractivity contribution >= 4 is 29.1 Å². The average molecular weight is 364 g/mol. The quantitative estimate of drug-likeness (QED) is 0.747. The van der Waals surface area contributed by atoms with E-state index in [1.165, 1.54) is 0 Å². The van der Waals surface area contributed by atoms with Crippen LogP contribution in [0, 0.1) is 0 Å². The summed E-state index contributed by atoms with van der Waals surface area (Å²) in [6.07, 6.45) is 0. The monoisotopic (exact) mass is 363 g/mol. The van der Waals surface area contributed by atoms with Gasteiger partial charge in [-0.3, -0.25) is 4.79 Å². The lowest BCUT2D eigenvalue weighted by Crippen LogP contribution is -2.19. The van der Waals surface area contributed by atoms with Crippen molar-refractivity contribution in [3.8, 4) is 28.6 Å². The van der Waals surface area contributed by atoms with Crippen molar-refractivity contribution in [2.24, 2.45) is 5.73 Å². The second-order valence-corrected chi connectivity index (χ2v) is 5.67. The van der Waals surface area contributed by atoms with Crippen molar-refractivity contribution in [1.82, 2.24) is 10.1 Å². The van der Waals surface area contributed by atoms with Gasteiger partial charge in [0.05, 0.1) is 10.6 Å². The van der Waals surface area contributed by atoms with Crippen molar-refractivity contribution in [1.29, 1.82) is 0 Å². The Morgan fingerprint density at radius 1 is 1.17 bits per heavy atom. The Balaban J connectivity index is 1.81.